The van der Waals surface area contributed by atoms with Crippen LogP contribution in [0.3, 0.4) is 0 Å². The van der Waals surface area contributed by atoms with E-state index < -0.39 is 0 Å². The maximum atomic E-state index is 11.7. The van der Waals surface area contributed by atoms with Gasteiger partial charge in [0.25, 0.3) is 0 Å². The van der Waals surface area contributed by atoms with E-state index in [1.165, 1.54) is 4.88 Å². The summed E-state index contributed by atoms with van der Waals surface area (Å²) in [5, 5.41) is 2.82. The summed E-state index contributed by atoms with van der Waals surface area (Å²) >= 11 is 7.70. The topological polar surface area (TPSA) is 17.1 Å². The van der Waals surface area contributed by atoms with Gasteiger partial charge in [0.2, 0.25) is 0 Å². The largest absolute Gasteiger partial charge is 0.299 e. The van der Waals surface area contributed by atoms with Gasteiger partial charge in [-0.25, -0.2) is 0 Å². The fourth-order valence-electron chi connectivity index (χ4n) is 2.22. The summed E-state index contributed by atoms with van der Waals surface area (Å²) < 4.78 is 0. The highest BCUT2D eigenvalue weighted by molar-refractivity contribution is 7.10. The second-order valence-corrected chi connectivity index (χ2v) is 5.85. The van der Waals surface area contributed by atoms with Gasteiger partial charge < -0.3 is 0 Å². The molecule has 0 spiro atoms. The van der Waals surface area contributed by atoms with Crippen molar-refractivity contribution in [3.05, 3.63) is 21.3 Å². The van der Waals surface area contributed by atoms with Gasteiger partial charge in [-0.15, -0.1) is 11.3 Å². The van der Waals surface area contributed by atoms with Crippen LogP contribution in [0.2, 0.25) is 5.02 Å². The first-order chi connectivity index (χ1) is 7.16. The number of ketones is 1. The Morgan fingerprint density at radius 3 is 3.07 bits per heavy atom. The Kier molecular flexibility index (Phi) is 3.47. The smallest absolute Gasteiger partial charge is 0.136 e. The molecule has 2 rings (SSSR count). The fourth-order valence-corrected chi connectivity index (χ4v) is 3.41. The monoisotopic (exact) mass is 242 g/mol. The van der Waals surface area contributed by atoms with Crippen LogP contribution in [0.15, 0.2) is 11.4 Å². The summed E-state index contributed by atoms with van der Waals surface area (Å²) in [6, 6.07) is 1.91. The van der Waals surface area contributed by atoms with E-state index in [-0.39, 0.29) is 5.92 Å². The van der Waals surface area contributed by atoms with E-state index in [0.29, 0.717) is 11.7 Å². The van der Waals surface area contributed by atoms with Crippen molar-refractivity contribution in [3.63, 3.8) is 0 Å². The van der Waals surface area contributed by atoms with E-state index in [1.807, 2.05) is 11.4 Å². The SMILES string of the molecule is CC1CCC(=O)C(Cc2sccc2Cl)C1. The predicted octanol–water partition coefficient (Wildman–Crippen LogP) is 3.95. The molecule has 0 radical (unpaired) electrons. The van der Waals surface area contributed by atoms with Gasteiger partial charge in [-0.3, -0.25) is 4.79 Å². The number of Topliss-reactive ketones (excluding diaryl/α,β-unsaturated/α-hetero) is 1. The average molecular weight is 243 g/mol. The van der Waals surface area contributed by atoms with Crippen LogP contribution in [0.4, 0.5) is 0 Å². The molecule has 1 aromatic rings. The highest BCUT2D eigenvalue weighted by Crippen LogP contribution is 2.32. The number of halogens is 1. The summed E-state index contributed by atoms with van der Waals surface area (Å²) in [6.45, 7) is 2.23. The maximum absolute atomic E-state index is 11.7. The molecule has 0 aromatic carbocycles. The lowest BCUT2D eigenvalue weighted by molar-refractivity contribution is -0.125. The minimum atomic E-state index is 0.213. The molecule has 1 aromatic heterocycles. The molecule has 82 valence electrons. The van der Waals surface area contributed by atoms with Gasteiger partial charge >= 0.3 is 0 Å². The Morgan fingerprint density at radius 1 is 1.60 bits per heavy atom. The molecule has 2 atom stereocenters. The fraction of sp³-hybridized carbons (Fsp3) is 0.583. The van der Waals surface area contributed by atoms with Crippen molar-refractivity contribution in [2.24, 2.45) is 11.8 Å². The molecule has 0 N–H and O–H groups in total. The Balaban J connectivity index is 2.04. The molecule has 2 unspecified atom stereocenters. The molecule has 1 aliphatic rings. The zero-order valence-corrected chi connectivity index (χ0v) is 10.4. The Hall–Kier alpha value is -0.340. The van der Waals surface area contributed by atoms with Crippen LogP contribution in [0.25, 0.3) is 0 Å². The first-order valence-electron chi connectivity index (χ1n) is 5.41. The second-order valence-electron chi connectivity index (χ2n) is 4.44. The average Bonchev–Trinajstić information content (AvgIpc) is 2.58. The lowest BCUT2D eigenvalue weighted by atomic mass is 9.79. The van der Waals surface area contributed by atoms with Crippen LogP contribution in [0, 0.1) is 11.8 Å². The Morgan fingerprint density at radius 2 is 2.40 bits per heavy atom. The molecule has 1 heterocycles. The minimum absolute atomic E-state index is 0.213. The highest BCUT2D eigenvalue weighted by Gasteiger charge is 2.27. The molecule has 3 heteroatoms. The van der Waals surface area contributed by atoms with Crippen LogP contribution >= 0.6 is 22.9 Å². The zero-order valence-electron chi connectivity index (χ0n) is 8.83. The van der Waals surface area contributed by atoms with E-state index >= 15 is 0 Å². The summed E-state index contributed by atoms with van der Waals surface area (Å²) in [5.74, 6) is 1.33. The molecule has 1 nitrogen and oxygen atoms in total. The summed E-state index contributed by atoms with van der Waals surface area (Å²) in [5.41, 5.74) is 0. The quantitative estimate of drug-likeness (QED) is 0.768. The molecule has 1 saturated carbocycles. The van der Waals surface area contributed by atoms with Crippen LogP contribution in [0.1, 0.15) is 31.1 Å². The minimum Gasteiger partial charge on any atom is -0.299 e. The third-order valence-corrected chi connectivity index (χ3v) is 4.56. The first-order valence-corrected chi connectivity index (χ1v) is 6.67. The highest BCUT2D eigenvalue weighted by atomic mass is 35.5. The Bertz CT molecular complexity index is 358. The van der Waals surface area contributed by atoms with Crippen molar-refractivity contribution in [2.45, 2.75) is 32.6 Å². The first kappa shape index (κ1) is 11.2. The molecule has 1 aliphatic carbocycles. The molecular formula is C12H15ClOS. The van der Waals surface area contributed by atoms with Gasteiger partial charge in [-0.1, -0.05) is 18.5 Å². The van der Waals surface area contributed by atoms with E-state index in [9.17, 15) is 4.79 Å². The predicted molar refractivity (Wildman–Crippen MR) is 64.5 cm³/mol. The molecule has 15 heavy (non-hydrogen) atoms. The van der Waals surface area contributed by atoms with Gasteiger partial charge in [-0.2, -0.15) is 0 Å². The van der Waals surface area contributed by atoms with Gasteiger partial charge in [0, 0.05) is 17.2 Å². The van der Waals surface area contributed by atoms with Crippen LogP contribution < -0.4 is 0 Å². The van der Waals surface area contributed by atoms with Gasteiger partial charge in [0.05, 0.1) is 5.02 Å². The van der Waals surface area contributed by atoms with Gasteiger partial charge in [-0.05, 0) is 36.6 Å². The van der Waals surface area contributed by atoms with Crippen molar-refractivity contribution >= 4 is 28.7 Å². The van der Waals surface area contributed by atoms with Gasteiger partial charge in [0.15, 0.2) is 0 Å². The van der Waals surface area contributed by atoms with E-state index in [2.05, 4.69) is 6.92 Å². The number of thiophene rings is 1. The third-order valence-electron chi connectivity index (χ3n) is 3.15. The van der Waals surface area contributed by atoms with Crippen LogP contribution in [0.5, 0.6) is 0 Å². The number of hydrogen-bond donors (Lipinski definition) is 0. The number of rotatable bonds is 2. The van der Waals surface area contributed by atoms with Crippen molar-refractivity contribution in [2.75, 3.05) is 0 Å². The standard InChI is InChI=1S/C12H15ClOS/c1-8-2-3-11(14)9(6-8)7-12-10(13)4-5-15-12/h4-5,8-9H,2-3,6-7H2,1H3. The normalized spacial score (nSPS) is 26.9. The van der Waals surface area contributed by atoms with E-state index in [1.54, 1.807) is 11.3 Å². The molecule has 0 aliphatic heterocycles. The van der Waals surface area contributed by atoms with Crippen LogP contribution in [-0.2, 0) is 11.2 Å². The van der Waals surface area contributed by atoms with Gasteiger partial charge in [0.1, 0.15) is 5.78 Å². The lowest BCUT2D eigenvalue weighted by Crippen LogP contribution is -2.25. The molecule has 0 bridgehead atoms. The molecular weight excluding hydrogens is 228 g/mol. The second kappa shape index (κ2) is 4.67. The molecule has 0 amide bonds. The maximum Gasteiger partial charge on any atom is 0.136 e. The summed E-state index contributed by atoms with van der Waals surface area (Å²) in [6.07, 6.45) is 3.70. The Labute approximate surface area is 99.5 Å². The van der Waals surface area contributed by atoms with E-state index in [4.69, 9.17) is 11.6 Å². The molecule has 0 saturated heterocycles. The zero-order chi connectivity index (χ0) is 10.8. The summed E-state index contributed by atoms with van der Waals surface area (Å²) in [7, 11) is 0. The van der Waals surface area contributed by atoms with Crippen molar-refractivity contribution in [3.8, 4) is 0 Å². The third kappa shape index (κ3) is 2.61. The number of hydrogen-bond acceptors (Lipinski definition) is 2. The van der Waals surface area contributed by atoms with Crippen molar-refractivity contribution in [1.82, 2.24) is 0 Å². The lowest BCUT2D eigenvalue weighted by Gasteiger charge is -2.25. The number of carbonyl (C=O) groups is 1. The van der Waals surface area contributed by atoms with Crippen LogP contribution in [-0.4, -0.2) is 5.78 Å². The number of carbonyl (C=O) groups excluding carboxylic acids is 1. The molecule has 1 fully saturated rings. The van der Waals surface area contributed by atoms with E-state index in [0.717, 1.165) is 30.7 Å². The summed E-state index contributed by atoms with van der Waals surface area (Å²) in [4.78, 5) is 12.9. The van der Waals surface area contributed by atoms with Crippen molar-refractivity contribution < 1.29 is 4.79 Å². The van der Waals surface area contributed by atoms with Crippen molar-refractivity contribution in [1.29, 1.82) is 0 Å².